The van der Waals surface area contributed by atoms with Crippen LogP contribution < -0.4 is 10.6 Å². The fourth-order valence-electron chi connectivity index (χ4n) is 7.12. The third-order valence-electron chi connectivity index (χ3n) is 11.3. The van der Waals surface area contributed by atoms with Crippen molar-refractivity contribution in [2.24, 2.45) is 11.8 Å². The molecular weight excluding hydrogens is 907 g/mol. The number of aliphatic hydroxyl groups is 2. The lowest BCUT2D eigenvalue weighted by molar-refractivity contribution is -0.267. The van der Waals surface area contributed by atoms with Gasteiger partial charge in [-0.2, -0.15) is 26.3 Å². The maximum absolute atomic E-state index is 13.8. The van der Waals surface area contributed by atoms with E-state index in [-0.39, 0.29) is 41.1 Å². The van der Waals surface area contributed by atoms with Gasteiger partial charge in [-0.3, -0.25) is 18.0 Å². The smallest absolute Gasteiger partial charge is 0.376 e. The number of rotatable bonds is 16. The fraction of sp³-hybridized carbons (Fsp3) is 0.333. The van der Waals surface area contributed by atoms with Gasteiger partial charge >= 0.3 is 12.4 Å². The van der Waals surface area contributed by atoms with E-state index in [1.807, 2.05) is 0 Å². The van der Waals surface area contributed by atoms with Crippen LogP contribution >= 0.6 is 0 Å². The summed E-state index contributed by atoms with van der Waals surface area (Å²) in [6, 6.07) is 23.2. The van der Waals surface area contributed by atoms with Crippen LogP contribution in [0.25, 0.3) is 0 Å². The Morgan fingerprint density at radius 1 is 0.606 bits per heavy atom. The van der Waals surface area contributed by atoms with Gasteiger partial charge in [0.25, 0.3) is 0 Å². The monoisotopic (exact) mass is 956 g/mol. The quantitative estimate of drug-likeness (QED) is 0.0567. The first-order valence-electron chi connectivity index (χ1n) is 21.0. The highest BCUT2D eigenvalue weighted by Gasteiger charge is 2.56. The number of hydrogen-bond acceptors (Lipinski definition) is 8. The van der Waals surface area contributed by atoms with Crippen molar-refractivity contribution in [1.82, 2.24) is 9.97 Å². The maximum Gasteiger partial charge on any atom is 0.425 e. The van der Waals surface area contributed by atoms with Crippen molar-refractivity contribution in [1.29, 1.82) is 0 Å². The molecule has 4 N–H and O–H groups in total. The molecule has 0 bridgehead atoms. The molecular formula is C48H50F6N4O6S2. The second kappa shape index (κ2) is 19.7. The number of hydrogen-bond donors (Lipinski definition) is 4. The number of alkyl halides is 6. The Bertz CT molecular complexity index is 2690. The van der Waals surface area contributed by atoms with Crippen molar-refractivity contribution in [3.05, 3.63) is 143 Å². The molecule has 10 nitrogen and oxygen atoms in total. The molecule has 0 radical (unpaired) electrons. The van der Waals surface area contributed by atoms with Gasteiger partial charge in [-0.1, -0.05) is 73.7 Å². The summed E-state index contributed by atoms with van der Waals surface area (Å²) in [6.07, 6.45) is -3.06. The standard InChI is InChI=1S/C26H25F3N2O3S.C22H25F3N2O3S/c1-35(34,17-18-7-8-18)24-14-9-19(16-30-24)15-23(32)31-22-12-10-21(11-13-22)25(33,26(27,28)29)20-5-3-2-4-6-20;1-3-21(29,22(23,24)25)17-7-9-18(10-8-17)27-19(28)12-16-6-11-20(26-13-16)31(2,30)14-15-4-5-15/h2-6,9-14,16,18,33H,1,7-8,15,17H2,(H,31,32);6-11,13,15,29H,2-5,12,14H2,1H3,(H,27,28). The molecule has 2 amide bonds. The minimum Gasteiger partial charge on any atom is -0.376 e. The Labute approximate surface area is 379 Å². The van der Waals surface area contributed by atoms with Crippen LogP contribution in [0.15, 0.2) is 126 Å². The van der Waals surface area contributed by atoms with E-state index in [9.17, 15) is 54.6 Å². The number of aromatic nitrogens is 2. The molecule has 18 heteroatoms. The van der Waals surface area contributed by atoms with Crippen LogP contribution in [-0.2, 0) is 52.7 Å². The van der Waals surface area contributed by atoms with E-state index >= 15 is 0 Å². The first-order valence-corrected chi connectivity index (χ1v) is 24.8. The lowest BCUT2D eigenvalue weighted by Gasteiger charge is -2.31. The van der Waals surface area contributed by atoms with Gasteiger partial charge in [-0.25, -0.2) is 9.97 Å². The summed E-state index contributed by atoms with van der Waals surface area (Å²) in [5, 5.41) is 26.7. The zero-order valence-corrected chi connectivity index (χ0v) is 37.5. The van der Waals surface area contributed by atoms with Gasteiger partial charge in [0.15, 0.2) is 5.60 Å². The van der Waals surface area contributed by atoms with Crippen molar-refractivity contribution < 1.29 is 54.6 Å². The Morgan fingerprint density at radius 3 is 1.33 bits per heavy atom. The van der Waals surface area contributed by atoms with Crippen LogP contribution in [0.5, 0.6) is 0 Å². The molecule has 2 aromatic heterocycles. The molecule has 2 saturated carbocycles. The number of carbonyl (C=O) groups is 2. The van der Waals surface area contributed by atoms with Gasteiger partial charge in [0.2, 0.25) is 17.4 Å². The highest BCUT2D eigenvalue weighted by molar-refractivity contribution is 8.00. The van der Waals surface area contributed by atoms with E-state index in [1.54, 1.807) is 30.3 Å². The average Bonchev–Trinajstić information content (AvgIpc) is 4.22. The minimum atomic E-state index is -4.95. The third kappa shape index (κ3) is 12.3. The molecule has 2 heterocycles. The first-order chi connectivity index (χ1) is 30.9. The molecule has 5 aromatic rings. The number of halogens is 6. The van der Waals surface area contributed by atoms with Crippen molar-refractivity contribution in [3.8, 4) is 0 Å². The molecule has 352 valence electrons. The molecule has 0 saturated heterocycles. The van der Waals surface area contributed by atoms with Gasteiger partial charge < -0.3 is 20.8 Å². The van der Waals surface area contributed by atoms with Crippen LogP contribution in [0, 0.1) is 11.8 Å². The SMILES string of the molecule is C=S(=O)(CC1CC1)c1ccc(CC(=O)Nc2ccc(C(O)(CC)C(F)(F)F)cc2)cn1.C=S(=O)(CC1CC1)c1ccc(CC(=O)Nc2ccc(C(O)(c3ccccc3)C(F)(F)F)cc2)cn1. The third-order valence-corrected chi connectivity index (χ3v) is 15.3. The van der Waals surface area contributed by atoms with Gasteiger partial charge in [-0.05, 0) is 120 Å². The lowest BCUT2D eigenvalue weighted by atomic mass is 9.85. The minimum absolute atomic E-state index is 0.00254. The summed E-state index contributed by atoms with van der Waals surface area (Å²) < 4.78 is 106. The molecule has 2 aliphatic carbocycles. The van der Waals surface area contributed by atoms with Crippen LogP contribution in [-0.4, -0.2) is 76.0 Å². The highest BCUT2D eigenvalue weighted by atomic mass is 32.2. The molecule has 4 unspecified atom stereocenters. The molecule has 2 aliphatic rings. The predicted molar refractivity (Wildman–Crippen MR) is 244 cm³/mol. The van der Waals surface area contributed by atoms with E-state index in [0.29, 0.717) is 50.2 Å². The number of benzene rings is 3. The second-order valence-corrected chi connectivity index (χ2v) is 21.5. The number of pyridine rings is 2. The van der Waals surface area contributed by atoms with Crippen LogP contribution in [0.1, 0.15) is 66.8 Å². The van der Waals surface area contributed by atoms with Gasteiger partial charge in [0.05, 0.1) is 12.8 Å². The number of anilines is 2. The summed E-state index contributed by atoms with van der Waals surface area (Å²) in [6.45, 7) is 1.25. The Kier molecular flexibility index (Phi) is 14.9. The van der Waals surface area contributed by atoms with Crippen molar-refractivity contribution in [2.45, 2.75) is 85.5 Å². The van der Waals surface area contributed by atoms with E-state index in [4.69, 9.17) is 0 Å². The van der Waals surface area contributed by atoms with Gasteiger partial charge in [0, 0.05) is 54.3 Å². The zero-order valence-electron chi connectivity index (χ0n) is 35.9. The van der Waals surface area contributed by atoms with Gasteiger partial charge in [-0.15, -0.1) is 0 Å². The number of nitrogens with zero attached hydrogens (tertiary/aromatic N) is 2. The van der Waals surface area contributed by atoms with E-state index in [1.165, 1.54) is 67.8 Å². The maximum atomic E-state index is 13.8. The van der Waals surface area contributed by atoms with Crippen LogP contribution in [0.4, 0.5) is 37.7 Å². The topological polar surface area (TPSA) is 159 Å². The number of amides is 2. The first kappa shape index (κ1) is 49.9. The molecule has 7 rings (SSSR count). The predicted octanol–water partition coefficient (Wildman–Crippen LogP) is 8.45. The van der Waals surface area contributed by atoms with Crippen LogP contribution in [0.3, 0.4) is 0 Å². The average molecular weight is 957 g/mol. The van der Waals surface area contributed by atoms with Crippen molar-refractivity contribution in [3.63, 3.8) is 0 Å². The molecule has 0 spiro atoms. The number of nitrogens with one attached hydrogen (secondary N) is 2. The summed E-state index contributed by atoms with van der Waals surface area (Å²) in [4.78, 5) is 33.2. The second-order valence-electron chi connectivity index (χ2n) is 16.7. The highest BCUT2D eigenvalue weighted by Crippen LogP contribution is 2.45. The van der Waals surface area contributed by atoms with E-state index < -0.39 is 54.9 Å². The van der Waals surface area contributed by atoms with E-state index in [0.717, 1.165) is 49.9 Å². The fourth-order valence-corrected chi connectivity index (χ4v) is 10.8. The largest absolute Gasteiger partial charge is 0.425 e. The number of carbonyl (C=O) groups excluding carboxylic acids is 2. The molecule has 4 atom stereocenters. The lowest BCUT2D eigenvalue weighted by Crippen LogP contribution is -2.43. The summed E-state index contributed by atoms with van der Waals surface area (Å²) in [5.41, 5.74) is -5.28. The zero-order chi connectivity index (χ0) is 48.1. The normalized spacial score (nSPS) is 17.7. The van der Waals surface area contributed by atoms with E-state index in [2.05, 4.69) is 32.3 Å². The Balaban J connectivity index is 0.000000220. The molecule has 2 fully saturated rings. The summed E-state index contributed by atoms with van der Waals surface area (Å²) >= 11 is 0. The van der Waals surface area contributed by atoms with Crippen LogP contribution in [0.2, 0.25) is 0 Å². The van der Waals surface area contributed by atoms with Crippen molar-refractivity contribution >= 4 is 54.0 Å². The summed E-state index contributed by atoms with van der Waals surface area (Å²) in [5.74, 6) is 8.80. The summed E-state index contributed by atoms with van der Waals surface area (Å²) in [7, 11) is -4.88. The molecule has 66 heavy (non-hydrogen) atoms. The van der Waals surface area contributed by atoms with Gasteiger partial charge in [0.1, 0.15) is 10.1 Å². The molecule has 0 aliphatic heterocycles. The Morgan fingerprint density at radius 2 is 1.00 bits per heavy atom. The van der Waals surface area contributed by atoms with Crippen molar-refractivity contribution in [2.75, 3.05) is 22.1 Å². The Hall–Kier alpha value is -5.56. The molecule has 3 aromatic carbocycles.